The standard InChI is InChI=1S/C15H24O3/c1-13(2)11-5-4-7-15(17-9-10-18-15)14(11,3)8-6-12(13)16/h5,12,16H,4,6-10H2,1-3H3. The molecule has 3 rings (SSSR count). The van der Waals surface area contributed by atoms with Crippen molar-refractivity contribution in [3.8, 4) is 0 Å². The van der Waals surface area contributed by atoms with E-state index in [2.05, 4.69) is 26.8 Å². The quantitative estimate of drug-likeness (QED) is 0.674. The van der Waals surface area contributed by atoms with Crippen molar-refractivity contribution in [1.82, 2.24) is 0 Å². The first-order valence-corrected chi connectivity index (χ1v) is 7.09. The Labute approximate surface area is 109 Å². The Morgan fingerprint density at radius 1 is 1.17 bits per heavy atom. The smallest absolute Gasteiger partial charge is 0.177 e. The number of hydrogen-bond acceptors (Lipinski definition) is 3. The van der Waals surface area contributed by atoms with E-state index in [0.29, 0.717) is 13.2 Å². The maximum absolute atomic E-state index is 10.3. The van der Waals surface area contributed by atoms with Crippen molar-refractivity contribution in [3.05, 3.63) is 11.6 Å². The highest BCUT2D eigenvalue weighted by Crippen LogP contribution is 2.61. The number of ether oxygens (including phenoxy) is 2. The van der Waals surface area contributed by atoms with E-state index in [0.717, 1.165) is 25.7 Å². The first kappa shape index (κ1) is 12.6. The second-order valence-electron chi connectivity index (χ2n) is 6.71. The maximum atomic E-state index is 10.3. The minimum Gasteiger partial charge on any atom is -0.392 e. The van der Waals surface area contributed by atoms with Gasteiger partial charge in [-0.15, -0.1) is 0 Å². The fraction of sp³-hybridized carbons (Fsp3) is 0.867. The first-order valence-electron chi connectivity index (χ1n) is 7.09. The second kappa shape index (κ2) is 3.81. The van der Waals surface area contributed by atoms with Crippen molar-refractivity contribution in [2.24, 2.45) is 10.8 Å². The van der Waals surface area contributed by atoms with Crippen LogP contribution < -0.4 is 0 Å². The first-order chi connectivity index (χ1) is 8.42. The third-order valence-corrected chi connectivity index (χ3v) is 5.46. The maximum Gasteiger partial charge on any atom is 0.177 e. The third kappa shape index (κ3) is 1.41. The van der Waals surface area contributed by atoms with Crippen molar-refractivity contribution >= 4 is 0 Å². The lowest BCUT2D eigenvalue weighted by atomic mass is 9.53. The molecule has 1 saturated carbocycles. The minimum atomic E-state index is -0.436. The zero-order chi connectivity index (χ0) is 13.0. The lowest BCUT2D eigenvalue weighted by molar-refractivity contribution is -0.243. The summed E-state index contributed by atoms with van der Waals surface area (Å²) in [6.07, 6.45) is 5.77. The van der Waals surface area contributed by atoms with Crippen molar-refractivity contribution < 1.29 is 14.6 Å². The van der Waals surface area contributed by atoms with Gasteiger partial charge in [0, 0.05) is 17.3 Å². The number of rotatable bonds is 0. The van der Waals surface area contributed by atoms with Gasteiger partial charge in [0.1, 0.15) is 0 Å². The van der Waals surface area contributed by atoms with E-state index >= 15 is 0 Å². The molecule has 1 N–H and O–H groups in total. The second-order valence-corrected chi connectivity index (χ2v) is 6.71. The van der Waals surface area contributed by atoms with Crippen LogP contribution >= 0.6 is 0 Å². The highest BCUT2D eigenvalue weighted by molar-refractivity contribution is 5.31. The van der Waals surface area contributed by atoms with Gasteiger partial charge in [-0.2, -0.15) is 0 Å². The molecular weight excluding hydrogens is 228 g/mol. The van der Waals surface area contributed by atoms with Crippen LogP contribution in [0.25, 0.3) is 0 Å². The summed E-state index contributed by atoms with van der Waals surface area (Å²) in [6.45, 7) is 7.96. The lowest BCUT2D eigenvalue weighted by Crippen LogP contribution is -2.57. The van der Waals surface area contributed by atoms with Crippen LogP contribution in [0.1, 0.15) is 46.5 Å². The summed E-state index contributed by atoms with van der Waals surface area (Å²) in [5.41, 5.74) is 1.09. The normalized spacial score (nSPS) is 41.6. The van der Waals surface area contributed by atoms with Crippen molar-refractivity contribution in [2.45, 2.75) is 58.3 Å². The molecule has 3 heteroatoms. The highest BCUT2D eigenvalue weighted by atomic mass is 16.7. The van der Waals surface area contributed by atoms with Crippen LogP contribution in [0, 0.1) is 10.8 Å². The van der Waals surface area contributed by atoms with Crippen LogP contribution in [0.5, 0.6) is 0 Å². The molecule has 3 aliphatic rings. The summed E-state index contributed by atoms with van der Waals surface area (Å²) in [6, 6.07) is 0. The van der Waals surface area contributed by atoms with E-state index in [4.69, 9.17) is 9.47 Å². The summed E-state index contributed by atoms with van der Waals surface area (Å²) in [7, 11) is 0. The van der Waals surface area contributed by atoms with Crippen LogP contribution in [0.2, 0.25) is 0 Å². The minimum absolute atomic E-state index is 0.0789. The van der Waals surface area contributed by atoms with Crippen molar-refractivity contribution in [1.29, 1.82) is 0 Å². The predicted molar refractivity (Wildman–Crippen MR) is 69.1 cm³/mol. The Balaban J connectivity index is 2.06. The molecule has 1 saturated heterocycles. The monoisotopic (exact) mass is 252 g/mol. The molecule has 1 aliphatic heterocycles. The molecule has 1 heterocycles. The molecule has 18 heavy (non-hydrogen) atoms. The molecule has 2 atom stereocenters. The van der Waals surface area contributed by atoms with Gasteiger partial charge in [0.2, 0.25) is 0 Å². The Morgan fingerprint density at radius 3 is 2.50 bits per heavy atom. The molecule has 102 valence electrons. The van der Waals surface area contributed by atoms with Gasteiger partial charge < -0.3 is 14.6 Å². The van der Waals surface area contributed by atoms with Crippen LogP contribution in [0.15, 0.2) is 11.6 Å². The molecule has 2 fully saturated rings. The number of hydrogen-bond donors (Lipinski definition) is 1. The number of allylic oxidation sites excluding steroid dienone is 1. The number of aliphatic hydroxyl groups excluding tert-OH is 1. The molecule has 0 bridgehead atoms. The summed E-state index contributed by atoms with van der Waals surface area (Å²) in [4.78, 5) is 0. The third-order valence-electron chi connectivity index (χ3n) is 5.46. The molecule has 1 spiro atoms. The van der Waals surface area contributed by atoms with Crippen molar-refractivity contribution in [2.75, 3.05) is 13.2 Å². The summed E-state index contributed by atoms with van der Waals surface area (Å²) in [5, 5.41) is 10.3. The van der Waals surface area contributed by atoms with E-state index in [1.807, 2.05) is 0 Å². The fourth-order valence-electron chi connectivity index (χ4n) is 4.30. The van der Waals surface area contributed by atoms with Crippen LogP contribution in [0.4, 0.5) is 0 Å². The van der Waals surface area contributed by atoms with Crippen LogP contribution in [-0.2, 0) is 9.47 Å². The van der Waals surface area contributed by atoms with Crippen LogP contribution in [-0.4, -0.2) is 30.2 Å². The van der Waals surface area contributed by atoms with Gasteiger partial charge in [0.25, 0.3) is 0 Å². The zero-order valence-electron chi connectivity index (χ0n) is 11.7. The molecule has 0 amide bonds. The molecule has 0 aromatic heterocycles. The largest absolute Gasteiger partial charge is 0.392 e. The molecular formula is C15H24O3. The molecule has 3 nitrogen and oxygen atoms in total. The molecule has 0 aromatic carbocycles. The van der Waals surface area contributed by atoms with Crippen LogP contribution in [0.3, 0.4) is 0 Å². The zero-order valence-corrected chi connectivity index (χ0v) is 11.7. The molecule has 0 radical (unpaired) electrons. The molecule has 0 aromatic rings. The van der Waals surface area contributed by atoms with E-state index in [1.54, 1.807) is 0 Å². The van der Waals surface area contributed by atoms with E-state index in [-0.39, 0.29) is 16.9 Å². The van der Waals surface area contributed by atoms with Gasteiger partial charge >= 0.3 is 0 Å². The van der Waals surface area contributed by atoms with Crippen molar-refractivity contribution in [3.63, 3.8) is 0 Å². The topological polar surface area (TPSA) is 38.7 Å². The van der Waals surface area contributed by atoms with Gasteiger partial charge in [0.15, 0.2) is 5.79 Å². The fourth-order valence-corrected chi connectivity index (χ4v) is 4.30. The van der Waals surface area contributed by atoms with E-state index in [1.165, 1.54) is 5.57 Å². The predicted octanol–water partition coefficient (Wildman–Crippen LogP) is 2.64. The van der Waals surface area contributed by atoms with E-state index < -0.39 is 5.79 Å². The average Bonchev–Trinajstić information content (AvgIpc) is 2.78. The van der Waals surface area contributed by atoms with E-state index in [9.17, 15) is 5.11 Å². The Bertz CT molecular complexity index is 379. The lowest BCUT2D eigenvalue weighted by Gasteiger charge is -2.57. The van der Waals surface area contributed by atoms with Gasteiger partial charge in [0.05, 0.1) is 19.3 Å². The van der Waals surface area contributed by atoms with Gasteiger partial charge in [-0.25, -0.2) is 0 Å². The Morgan fingerprint density at radius 2 is 1.83 bits per heavy atom. The Kier molecular flexibility index (Phi) is 2.68. The van der Waals surface area contributed by atoms with Gasteiger partial charge in [-0.05, 0) is 19.3 Å². The highest BCUT2D eigenvalue weighted by Gasteiger charge is 2.61. The SMILES string of the molecule is CC1(C)C2=CCCC3(OCCO3)C2(C)CCC1O. The summed E-state index contributed by atoms with van der Waals surface area (Å²) >= 11 is 0. The number of aliphatic hydroxyl groups is 1. The summed E-state index contributed by atoms with van der Waals surface area (Å²) < 4.78 is 12.1. The molecule has 2 aliphatic carbocycles. The van der Waals surface area contributed by atoms with Gasteiger partial charge in [-0.3, -0.25) is 0 Å². The van der Waals surface area contributed by atoms with Gasteiger partial charge in [-0.1, -0.05) is 32.4 Å². The summed E-state index contributed by atoms with van der Waals surface area (Å²) in [5.74, 6) is -0.436. The molecule has 2 unspecified atom stereocenters. The number of fused-ring (bicyclic) bond motifs is 2. The Hall–Kier alpha value is -0.380. The average molecular weight is 252 g/mol.